The maximum atomic E-state index is 13.7. The van der Waals surface area contributed by atoms with Gasteiger partial charge in [0.1, 0.15) is 24.8 Å². The molecule has 0 spiro atoms. The SMILES string of the molecule is COc1ccc(F)cc1C(=O)[C@H]1CCCN(Cc2ccc3c(c2)OCCO3)C1. The summed E-state index contributed by atoms with van der Waals surface area (Å²) in [5.41, 5.74) is 1.45. The molecule has 0 amide bonds. The van der Waals surface area contributed by atoms with E-state index >= 15 is 0 Å². The predicted molar refractivity (Wildman–Crippen MR) is 103 cm³/mol. The minimum atomic E-state index is -0.423. The van der Waals surface area contributed by atoms with Crippen LogP contribution in [-0.4, -0.2) is 44.1 Å². The summed E-state index contributed by atoms with van der Waals surface area (Å²) < 4.78 is 30.2. The van der Waals surface area contributed by atoms with E-state index in [2.05, 4.69) is 4.90 Å². The van der Waals surface area contributed by atoms with E-state index in [1.54, 1.807) is 0 Å². The zero-order chi connectivity index (χ0) is 19.5. The summed E-state index contributed by atoms with van der Waals surface area (Å²) in [6.45, 7) is 3.45. The lowest BCUT2D eigenvalue weighted by molar-refractivity contribution is 0.0807. The number of Topliss-reactive ketones (excluding diaryl/α,β-unsaturated/α-hetero) is 1. The van der Waals surface area contributed by atoms with Crippen molar-refractivity contribution in [2.75, 3.05) is 33.4 Å². The Hall–Kier alpha value is -2.60. The molecule has 28 heavy (non-hydrogen) atoms. The Balaban J connectivity index is 1.46. The highest BCUT2D eigenvalue weighted by atomic mass is 19.1. The molecular formula is C22H24FNO4. The molecule has 2 aromatic rings. The van der Waals surface area contributed by atoms with Gasteiger partial charge in [-0.2, -0.15) is 0 Å². The molecule has 0 radical (unpaired) electrons. The second-order valence-corrected chi connectivity index (χ2v) is 7.26. The first kappa shape index (κ1) is 18.7. The van der Waals surface area contributed by atoms with Crippen LogP contribution in [0.25, 0.3) is 0 Å². The third-order valence-corrected chi connectivity index (χ3v) is 5.32. The van der Waals surface area contributed by atoms with Crippen molar-refractivity contribution in [1.82, 2.24) is 4.90 Å². The molecule has 1 atom stereocenters. The topological polar surface area (TPSA) is 48.0 Å². The monoisotopic (exact) mass is 385 g/mol. The molecule has 0 unspecified atom stereocenters. The molecule has 2 aromatic carbocycles. The fourth-order valence-electron chi connectivity index (χ4n) is 3.95. The number of likely N-dealkylation sites (tertiary alicyclic amines) is 1. The van der Waals surface area contributed by atoms with Crippen molar-refractivity contribution in [2.24, 2.45) is 5.92 Å². The van der Waals surface area contributed by atoms with Crippen molar-refractivity contribution in [2.45, 2.75) is 19.4 Å². The molecule has 0 saturated carbocycles. The Morgan fingerprint density at radius 2 is 2.00 bits per heavy atom. The highest BCUT2D eigenvalue weighted by Crippen LogP contribution is 2.32. The van der Waals surface area contributed by atoms with Crippen molar-refractivity contribution in [3.63, 3.8) is 0 Å². The van der Waals surface area contributed by atoms with E-state index < -0.39 is 5.82 Å². The van der Waals surface area contributed by atoms with Crippen LogP contribution in [0.4, 0.5) is 4.39 Å². The fourth-order valence-corrected chi connectivity index (χ4v) is 3.95. The van der Waals surface area contributed by atoms with E-state index in [1.165, 1.54) is 25.3 Å². The lowest BCUT2D eigenvalue weighted by atomic mass is 9.89. The van der Waals surface area contributed by atoms with Crippen LogP contribution < -0.4 is 14.2 Å². The van der Waals surface area contributed by atoms with Gasteiger partial charge in [-0.15, -0.1) is 0 Å². The normalized spacial score (nSPS) is 19.3. The molecule has 2 heterocycles. The summed E-state index contributed by atoms with van der Waals surface area (Å²) in [5.74, 6) is 1.34. The number of halogens is 1. The third kappa shape index (κ3) is 3.97. The van der Waals surface area contributed by atoms with Gasteiger partial charge in [-0.3, -0.25) is 9.69 Å². The second kappa shape index (κ2) is 8.19. The van der Waals surface area contributed by atoms with Crippen LogP contribution in [0.5, 0.6) is 17.2 Å². The van der Waals surface area contributed by atoms with E-state index in [4.69, 9.17) is 14.2 Å². The largest absolute Gasteiger partial charge is 0.496 e. The van der Waals surface area contributed by atoms with Gasteiger partial charge >= 0.3 is 0 Å². The number of hydrogen-bond acceptors (Lipinski definition) is 5. The van der Waals surface area contributed by atoms with E-state index in [-0.39, 0.29) is 11.7 Å². The number of ketones is 1. The molecule has 1 saturated heterocycles. The van der Waals surface area contributed by atoms with Crippen LogP contribution in [0.2, 0.25) is 0 Å². The molecule has 0 bridgehead atoms. The molecule has 0 aromatic heterocycles. The summed E-state index contributed by atoms with van der Waals surface area (Å²) >= 11 is 0. The van der Waals surface area contributed by atoms with Gasteiger partial charge in [0.25, 0.3) is 0 Å². The van der Waals surface area contributed by atoms with Crippen molar-refractivity contribution in [3.05, 3.63) is 53.3 Å². The molecule has 4 rings (SSSR count). The summed E-state index contributed by atoms with van der Waals surface area (Å²) in [5, 5.41) is 0. The second-order valence-electron chi connectivity index (χ2n) is 7.26. The number of rotatable bonds is 5. The van der Waals surface area contributed by atoms with Crippen molar-refractivity contribution in [3.8, 4) is 17.2 Å². The zero-order valence-corrected chi connectivity index (χ0v) is 15.9. The number of hydrogen-bond donors (Lipinski definition) is 0. The molecule has 0 N–H and O–H groups in total. The Morgan fingerprint density at radius 3 is 2.82 bits per heavy atom. The molecule has 1 fully saturated rings. The van der Waals surface area contributed by atoms with Gasteiger partial charge in [0, 0.05) is 19.0 Å². The standard InChI is InChI=1S/C22H24FNO4/c1-26-19-7-5-17(23)12-18(19)22(25)16-3-2-8-24(14-16)13-15-4-6-20-21(11-15)28-10-9-27-20/h4-7,11-12,16H,2-3,8-10,13-14H2,1H3/t16-/m0/s1. The number of ether oxygens (including phenoxy) is 3. The van der Waals surface area contributed by atoms with Gasteiger partial charge in [-0.05, 0) is 55.3 Å². The molecule has 6 heteroatoms. The molecule has 5 nitrogen and oxygen atoms in total. The molecule has 2 aliphatic heterocycles. The quantitative estimate of drug-likeness (QED) is 0.735. The first-order valence-corrected chi connectivity index (χ1v) is 9.62. The number of carbonyl (C=O) groups is 1. The van der Waals surface area contributed by atoms with Gasteiger partial charge in [-0.25, -0.2) is 4.39 Å². The number of carbonyl (C=O) groups excluding carboxylic acids is 1. The van der Waals surface area contributed by atoms with Crippen LogP contribution in [0.3, 0.4) is 0 Å². The van der Waals surface area contributed by atoms with Crippen LogP contribution in [0.1, 0.15) is 28.8 Å². The van der Waals surface area contributed by atoms with Crippen molar-refractivity contribution >= 4 is 5.78 Å². The fraction of sp³-hybridized carbons (Fsp3) is 0.409. The van der Waals surface area contributed by atoms with Crippen molar-refractivity contribution < 1.29 is 23.4 Å². The van der Waals surface area contributed by atoms with E-state index in [0.717, 1.165) is 43.0 Å². The summed E-state index contributed by atoms with van der Waals surface area (Å²) in [6.07, 6.45) is 1.73. The Labute approximate surface area is 164 Å². The average Bonchev–Trinajstić information content (AvgIpc) is 2.73. The van der Waals surface area contributed by atoms with Crippen LogP contribution in [0.15, 0.2) is 36.4 Å². The summed E-state index contributed by atoms with van der Waals surface area (Å²) in [4.78, 5) is 15.3. The maximum Gasteiger partial charge on any atom is 0.171 e. The highest BCUT2D eigenvalue weighted by Gasteiger charge is 2.29. The smallest absolute Gasteiger partial charge is 0.171 e. The van der Waals surface area contributed by atoms with Gasteiger partial charge in [0.15, 0.2) is 17.3 Å². The third-order valence-electron chi connectivity index (χ3n) is 5.32. The highest BCUT2D eigenvalue weighted by molar-refractivity contribution is 6.00. The Kier molecular flexibility index (Phi) is 5.48. The maximum absolute atomic E-state index is 13.7. The lowest BCUT2D eigenvalue weighted by Gasteiger charge is -2.32. The number of benzene rings is 2. The molecule has 2 aliphatic rings. The Morgan fingerprint density at radius 1 is 1.18 bits per heavy atom. The first-order valence-electron chi connectivity index (χ1n) is 9.62. The van der Waals surface area contributed by atoms with Crippen LogP contribution in [0, 0.1) is 11.7 Å². The number of fused-ring (bicyclic) bond motifs is 1. The van der Waals surface area contributed by atoms with Gasteiger partial charge in [0.05, 0.1) is 12.7 Å². The van der Waals surface area contributed by atoms with Crippen LogP contribution >= 0.6 is 0 Å². The van der Waals surface area contributed by atoms with Gasteiger partial charge in [-0.1, -0.05) is 6.07 Å². The first-order chi connectivity index (χ1) is 13.6. The van der Waals surface area contributed by atoms with E-state index in [0.29, 0.717) is 31.1 Å². The number of methoxy groups -OCH3 is 1. The molecule has 0 aliphatic carbocycles. The van der Waals surface area contributed by atoms with Gasteiger partial charge in [0.2, 0.25) is 0 Å². The minimum Gasteiger partial charge on any atom is -0.496 e. The molecule has 148 valence electrons. The Bertz CT molecular complexity index is 870. The zero-order valence-electron chi connectivity index (χ0n) is 15.9. The number of nitrogens with zero attached hydrogens (tertiary/aromatic N) is 1. The summed E-state index contributed by atoms with van der Waals surface area (Å²) in [7, 11) is 1.50. The average molecular weight is 385 g/mol. The predicted octanol–water partition coefficient (Wildman–Crippen LogP) is 3.70. The van der Waals surface area contributed by atoms with Crippen molar-refractivity contribution in [1.29, 1.82) is 0 Å². The van der Waals surface area contributed by atoms with E-state index in [1.807, 2.05) is 18.2 Å². The van der Waals surface area contributed by atoms with E-state index in [9.17, 15) is 9.18 Å². The van der Waals surface area contributed by atoms with Crippen LogP contribution in [-0.2, 0) is 6.54 Å². The molecular weight excluding hydrogens is 361 g/mol. The number of piperidine rings is 1. The van der Waals surface area contributed by atoms with Gasteiger partial charge < -0.3 is 14.2 Å². The lowest BCUT2D eigenvalue weighted by Crippen LogP contribution is -2.38. The minimum absolute atomic E-state index is 0.0526. The summed E-state index contributed by atoms with van der Waals surface area (Å²) in [6, 6.07) is 10.1.